The number of carboxylic acid groups (broad SMARTS) is 1. The van der Waals surface area contributed by atoms with E-state index < -0.39 is 29.7 Å². The van der Waals surface area contributed by atoms with E-state index in [9.17, 15) is 35.9 Å². The Morgan fingerprint density at radius 2 is 1.01 bits per heavy atom. The van der Waals surface area contributed by atoms with Crippen LogP contribution in [0.1, 0.15) is 99.9 Å². The van der Waals surface area contributed by atoms with Gasteiger partial charge in [-0.15, -0.1) is 12.4 Å². The molecule has 0 bridgehead atoms. The number of nitrogens with one attached hydrogen (secondary N) is 3. The number of aromatic amines is 2. The number of alkyl halides is 6. The number of imidazole rings is 4. The summed E-state index contributed by atoms with van der Waals surface area (Å²) in [4.78, 5) is 77.4. The topological polar surface area (TPSA) is 241 Å². The number of H-pyrrole nitrogens is 2. The van der Waals surface area contributed by atoms with E-state index in [1.807, 2.05) is 63.9 Å². The maximum atomic E-state index is 13.5. The van der Waals surface area contributed by atoms with E-state index >= 15 is 0 Å². The Bertz CT molecular complexity index is 4100. The number of likely N-dealkylation sites (tertiary alicyclic amines) is 1. The molecule has 8 aromatic heterocycles. The molecular weight excluding hydrogens is 1130 g/mol. The first-order valence-corrected chi connectivity index (χ1v) is 26.4. The van der Waals surface area contributed by atoms with Gasteiger partial charge in [-0.25, -0.2) is 39.5 Å². The van der Waals surface area contributed by atoms with Gasteiger partial charge in [0.15, 0.2) is 34.3 Å². The molecule has 27 heteroatoms. The summed E-state index contributed by atoms with van der Waals surface area (Å²) in [6.45, 7) is 12.2. The molecule has 2 aliphatic heterocycles. The summed E-state index contributed by atoms with van der Waals surface area (Å²) < 4.78 is 86.8. The molecule has 10 aromatic rings. The number of aliphatic carboxylic acids is 1. The Hall–Kier alpha value is -8.88. The van der Waals surface area contributed by atoms with Crippen molar-refractivity contribution >= 4 is 40.7 Å². The van der Waals surface area contributed by atoms with Gasteiger partial charge >= 0.3 is 23.7 Å². The van der Waals surface area contributed by atoms with Crippen LogP contribution >= 0.6 is 12.4 Å². The van der Waals surface area contributed by atoms with Gasteiger partial charge in [-0.1, -0.05) is 83.7 Å². The molecule has 0 atom stereocenters. The van der Waals surface area contributed by atoms with Gasteiger partial charge in [0, 0.05) is 80.1 Å². The monoisotopic (exact) mass is 1190 g/mol. The van der Waals surface area contributed by atoms with Gasteiger partial charge in [-0.2, -0.15) is 26.3 Å². The number of pyridine rings is 2. The summed E-state index contributed by atoms with van der Waals surface area (Å²) >= 11 is 0. The Morgan fingerprint density at radius 1 is 0.624 bits per heavy atom. The van der Waals surface area contributed by atoms with Crippen LogP contribution in [0.25, 0.3) is 67.9 Å². The minimum absolute atomic E-state index is 0. The summed E-state index contributed by atoms with van der Waals surface area (Å²) in [5, 5.41) is 10.5. The molecule has 85 heavy (non-hydrogen) atoms. The van der Waals surface area contributed by atoms with Gasteiger partial charge in [0.25, 0.3) is 5.97 Å². The number of likely N-dealkylation sites (N-methyl/N-ethyl adjacent to an activating group) is 1. The fraction of sp³-hybridized carbons (Fsp3) is 0.328. The van der Waals surface area contributed by atoms with Crippen LogP contribution in [0.2, 0.25) is 0 Å². The van der Waals surface area contributed by atoms with Crippen molar-refractivity contribution in [2.75, 3.05) is 33.2 Å². The number of hydrogen-bond donors (Lipinski definition) is 4. The van der Waals surface area contributed by atoms with Crippen molar-refractivity contribution in [3.05, 3.63) is 165 Å². The Kier molecular flexibility index (Phi) is 18.4. The second-order valence-corrected chi connectivity index (χ2v) is 20.9. The SMILES string of the molecule is C.CC(=O)O.CC(C)c1ncccc1-c1ncc2[nH]c(=O)n(Cc3ccc(-c4nc(C(F)(F)F)cn4C4CN(C)C4)cc3)c2n1.CC(C)c1ncccc1-c1ncc2[nH]c(=O)n(Cc3ccc(-c4nc(C(F)(F)F)cn4C4CNC4)cc3)c2n1.Cl. The minimum Gasteiger partial charge on any atom is -0.481 e. The van der Waals surface area contributed by atoms with Gasteiger partial charge in [-0.3, -0.25) is 23.9 Å². The van der Waals surface area contributed by atoms with Crippen LogP contribution < -0.4 is 16.7 Å². The zero-order valence-corrected chi connectivity index (χ0v) is 46.9. The summed E-state index contributed by atoms with van der Waals surface area (Å²) in [5.41, 5.74) is 5.47. The molecule has 2 saturated heterocycles. The van der Waals surface area contributed by atoms with Gasteiger partial charge in [0.05, 0.1) is 49.0 Å². The van der Waals surface area contributed by atoms with Crippen molar-refractivity contribution in [3.8, 4) is 45.6 Å². The summed E-state index contributed by atoms with van der Waals surface area (Å²) in [6, 6.07) is 21.4. The van der Waals surface area contributed by atoms with Gasteiger partial charge in [0.2, 0.25) is 0 Å². The molecule has 2 aromatic carbocycles. The van der Waals surface area contributed by atoms with E-state index in [4.69, 9.17) is 19.9 Å². The lowest BCUT2D eigenvalue weighted by Gasteiger charge is -2.37. The van der Waals surface area contributed by atoms with Gasteiger partial charge in [0.1, 0.15) is 22.7 Å². The van der Waals surface area contributed by atoms with E-state index in [1.165, 1.54) is 9.13 Å². The standard InChI is InChI=1S/C28H27F3N8O.C27H25F3N8O.C2H4O2.CH4.ClH/c1-16(2)23-20(5-4-10-32-23)24-33-11-21-26(36-24)39(27(40)34-21)12-17-6-8-18(9-7-17)25-35-22(28(29,30)31)15-38(25)19-13-37(3)14-19;1-15(2)22-19(4-3-9-32-22)23-33-12-20-25(36-23)38(26(39)34-20)13-16-5-7-17(8-6-16)24-35-21(27(28,29)30)14-37(24)18-10-31-11-18;1-2(3)4;;/h4-11,15-16,19H,12-14H2,1-3H3,(H,34,40);3-9,12,14-15,18,31H,10-11,13H2,1-2H3,(H,34,39);1H3,(H,3,4);1H4;1H. The molecule has 446 valence electrons. The normalized spacial score (nSPS) is 13.8. The second kappa shape index (κ2) is 25.1. The predicted octanol–water partition coefficient (Wildman–Crippen LogP) is 10.3. The van der Waals surface area contributed by atoms with E-state index in [-0.39, 0.29) is 79.9 Å². The molecule has 2 fully saturated rings. The number of rotatable bonds is 12. The van der Waals surface area contributed by atoms with Crippen LogP contribution in [-0.2, 0) is 30.2 Å². The summed E-state index contributed by atoms with van der Waals surface area (Å²) in [6.07, 6.45) is -0.254. The molecule has 0 unspecified atom stereocenters. The molecule has 0 spiro atoms. The smallest absolute Gasteiger partial charge is 0.434 e. The summed E-state index contributed by atoms with van der Waals surface area (Å²) in [5.74, 6) is 0.975. The Labute approximate surface area is 488 Å². The number of nitrogens with zero attached hydrogens (tertiary/aromatic N) is 13. The molecule has 0 saturated carbocycles. The molecule has 10 heterocycles. The van der Waals surface area contributed by atoms with Crippen LogP contribution in [0.15, 0.2) is 120 Å². The molecule has 20 nitrogen and oxygen atoms in total. The average molecular weight is 1200 g/mol. The highest BCUT2D eigenvalue weighted by Crippen LogP contribution is 2.36. The number of benzene rings is 2. The van der Waals surface area contributed by atoms with Crippen molar-refractivity contribution in [3.63, 3.8) is 0 Å². The number of carbonyl (C=O) groups is 1. The second-order valence-electron chi connectivity index (χ2n) is 20.9. The third-order valence-electron chi connectivity index (χ3n) is 14.0. The quantitative estimate of drug-likeness (QED) is 0.0833. The van der Waals surface area contributed by atoms with Crippen molar-refractivity contribution in [1.82, 2.24) is 78.3 Å². The van der Waals surface area contributed by atoms with Crippen LogP contribution in [0.3, 0.4) is 0 Å². The number of halogens is 7. The molecule has 0 amide bonds. The molecule has 4 N–H and O–H groups in total. The van der Waals surface area contributed by atoms with Crippen molar-refractivity contribution in [1.29, 1.82) is 0 Å². The maximum absolute atomic E-state index is 13.5. The largest absolute Gasteiger partial charge is 0.481 e. The van der Waals surface area contributed by atoms with Crippen LogP contribution in [0, 0.1) is 0 Å². The fourth-order valence-corrected chi connectivity index (χ4v) is 9.82. The third kappa shape index (κ3) is 13.4. The number of fused-ring (bicyclic) bond motifs is 2. The highest BCUT2D eigenvalue weighted by molar-refractivity contribution is 5.85. The minimum atomic E-state index is -4.53. The number of aromatic nitrogens is 14. The first-order valence-electron chi connectivity index (χ1n) is 26.4. The highest BCUT2D eigenvalue weighted by Gasteiger charge is 2.38. The average Bonchev–Trinajstić information content (AvgIpc) is 2.83. The molecule has 12 rings (SSSR count). The van der Waals surface area contributed by atoms with Crippen LogP contribution in [0.4, 0.5) is 26.3 Å². The first-order chi connectivity index (χ1) is 39.5. The number of hydrogen-bond acceptors (Lipinski definition) is 13. The predicted molar refractivity (Wildman–Crippen MR) is 310 cm³/mol. The fourth-order valence-electron chi connectivity index (χ4n) is 9.82. The lowest BCUT2D eigenvalue weighted by Crippen LogP contribution is -2.44. The zero-order valence-electron chi connectivity index (χ0n) is 46.1. The summed E-state index contributed by atoms with van der Waals surface area (Å²) in [7, 11) is 1.92. The van der Waals surface area contributed by atoms with E-state index in [0.717, 1.165) is 53.0 Å². The Morgan fingerprint density at radius 3 is 1.35 bits per heavy atom. The van der Waals surface area contributed by atoms with Crippen molar-refractivity contribution in [2.45, 2.75) is 91.4 Å². The number of carboxylic acids is 1. The lowest BCUT2D eigenvalue weighted by atomic mass is 10.0. The molecule has 0 radical (unpaired) electrons. The molecule has 0 aliphatic carbocycles. The van der Waals surface area contributed by atoms with Gasteiger partial charge < -0.3 is 34.4 Å². The molecule has 2 aliphatic rings. The Balaban J connectivity index is 0.000000204. The third-order valence-corrected chi connectivity index (χ3v) is 14.0. The lowest BCUT2D eigenvalue weighted by molar-refractivity contribution is -0.141. The van der Waals surface area contributed by atoms with E-state index in [0.29, 0.717) is 71.3 Å². The van der Waals surface area contributed by atoms with Crippen LogP contribution in [0.5, 0.6) is 0 Å². The van der Waals surface area contributed by atoms with E-state index in [1.54, 1.807) is 82.5 Å². The zero-order chi connectivity index (χ0) is 59.1. The van der Waals surface area contributed by atoms with Gasteiger partial charge in [-0.05, 0) is 54.3 Å². The van der Waals surface area contributed by atoms with Crippen molar-refractivity contribution < 1.29 is 36.2 Å². The maximum Gasteiger partial charge on any atom is 0.434 e. The van der Waals surface area contributed by atoms with Crippen molar-refractivity contribution in [2.24, 2.45) is 0 Å². The first kappa shape index (κ1) is 62.2. The van der Waals surface area contributed by atoms with E-state index in [2.05, 4.69) is 45.2 Å². The van der Waals surface area contributed by atoms with Crippen LogP contribution in [-0.4, -0.2) is 117 Å². The molecular formula is C58H61ClF6N16O4. The highest BCUT2D eigenvalue weighted by atomic mass is 35.5.